The average molecular weight is 612 g/mol. The van der Waals surface area contributed by atoms with Gasteiger partial charge < -0.3 is 28.8 Å². The van der Waals surface area contributed by atoms with E-state index < -0.39 is 17.8 Å². The number of hydrogen-bond donors (Lipinski definition) is 1. The molecule has 0 aliphatic carbocycles. The Labute approximate surface area is 264 Å². The first-order chi connectivity index (χ1) is 21.4. The molecule has 2 aromatic carbocycles. The summed E-state index contributed by atoms with van der Waals surface area (Å²) in [5.41, 5.74) is 5.64. The van der Waals surface area contributed by atoms with Crippen LogP contribution in [0, 0.1) is 13.8 Å². The minimum Gasteiger partial charge on any atom is -0.488 e. The lowest BCUT2D eigenvalue weighted by Crippen LogP contribution is -2.45. The third kappa shape index (κ3) is 7.54. The van der Waals surface area contributed by atoms with Crippen LogP contribution in [0.4, 0.5) is 4.79 Å². The number of methoxy groups -OCH3 is 1. The van der Waals surface area contributed by atoms with Crippen LogP contribution in [0.2, 0.25) is 0 Å². The van der Waals surface area contributed by atoms with Crippen molar-refractivity contribution in [3.63, 3.8) is 0 Å². The SMILES string of the molecule is COC(=O)c1ccc(-c2ccc3c(c2)CCC(CN(CC(O)c2ccc(-n4c(C)ccc4C)nc2)C(=O)OC(C)(C)C)O3)cc1. The van der Waals surface area contributed by atoms with Crippen LogP contribution in [0.15, 0.2) is 72.9 Å². The number of aromatic nitrogens is 2. The summed E-state index contributed by atoms with van der Waals surface area (Å²) in [4.78, 5) is 31.2. The van der Waals surface area contributed by atoms with Crippen LogP contribution in [-0.4, -0.2) is 63.5 Å². The van der Waals surface area contributed by atoms with Gasteiger partial charge in [0.25, 0.3) is 0 Å². The molecule has 3 heterocycles. The minimum atomic E-state index is -0.963. The maximum atomic E-state index is 13.3. The predicted octanol–water partition coefficient (Wildman–Crippen LogP) is 6.61. The predicted molar refractivity (Wildman–Crippen MR) is 172 cm³/mol. The Kier molecular flexibility index (Phi) is 9.29. The highest BCUT2D eigenvalue weighted by Crippen LogP contribution is 2.33. The molecule has 0 saturated heterocycles. The van der Waals surface area contributed by atoms with Crippen molar-refractivity contribution >= 4 is 12.1 Å². The summed E-state index contributed by atoms with van der Waals surface area (Å²) < 4.78 is 18.9. The van der Waals surface area contributed by atoms with Crippen molar-refractivity contribution in [1.82, 2.24) is 14.5 Å². The summed E-state index contributed by atoms with van der Waals surface area (Å²) >= 11 is 0. The molecule has 0 bridgehead atoms. The van der Waals surface area contributed by atoms with E-state index in [9.17, 15) is 14.7 Å². The van der Waals surface area contributed by atoms with Crippen LogP contribution in [0.1, 0.15) is 66.2 Å². The zero-order valence-corrected chi connectivity index (χ0v) is 26.7. The maximum absolute atomic E-state index is 13.3. The number of esters is 1. The molecule has 2 aromatic heterocycles. The zero-order chi connectivity index (χ0) is 32.3. The van der Waals surface area contributed by atoms with Gasteiger partial charge in [0.2, 0.25) is 0 Å². The van der Waals surface area contributed by atoms with Crippen molar-refractivity contribution in [1.29, 1.82) is 0 Å². The topological polar surface area (TPSA) is 103 Å². The van der Waals surface area contributed by atoms with Crippen molar-refractivity contribution < 1.29 is 28.9 Å². The highest BCUT2D eigenvalue weighted by molar-refractivity contribution is 5.90. The van der Waals surface area contributed by atoms with E-state index in [1.165, 1.54) is 12.0 Å². The Morgan fingerprint density at radius 1 is 1.02 bits per heavy atom. The Hall–Kier alpha value is -4.63. The molecule has 0 saturated carbocycles. The number of pyridine rings is 1. The van der Waals surface area contributed by atoms with Crippen molar-refractivity contribution in [2.24, 2.45) is 0 Å². The fourth-order valence-electron chi connectivity index (χ4n) is 5.54. The van der Waals surface area contributed by atoms with Gasteiger partial charge in [0.1, 0.15) is 23.3 Å². The second-order valence-corrected chi connectivity index (χ2v) is 12.5. The van der Waals surface area contributed by atoms with Gasteiger partial charge in [-0.15, -0.1) is 0 Å². The summed E-state index contributed by atoms with van der Waals surface area (Å²) in [6.45, 7) is 9.80. The number of aliphatic hydroxyl groups is 1. The zero-order valence-electron chi connectivity index (χ0n) is 26.7. The van der Waals surface area contributed by atoms with E-state index in [0.29, 0.717) is 17.5 Å². The van der Waals surface area contributed by atoms with Crippen LogP contribution >= 0.6 is 0 Å². The molecule has 45 heavy (non-hydrogen) atoms. The van der Waals surface area contributed by atoms with Crippen LogP contribution in [-0.2, 0) is 15.9 Å². The monoisotopic (exact) mass is 611 g/mol. The lowest BCUT2D eigenvalue weighted by molar-refractivity contribution is 0.00364. The van der Waals surface area contributed by atoms with E-state index in [0.717, 1.165) is 46.1 Å². The number of benzene rings is 2. The minimum absolute atomic E-state index is 0.0325. The van der Waals surface area contributed by atoms with Crippen LogP contribution in [0.5, 0.6) is 5.75 Å². The number of fused-ring (bicyclic) bond motifs is 1. The molecule has 4 aromatic rings. The van der Waals surface area contributed by atoms with E-state index in [1.807, 2.05) is 87.7 Å². The molecule has 0 spiro atoms. The summed E-state index contributed by atoms with van der Waals surface area (Å²) in [5.74, 6) is 1.17. The molecule has 1 N–H and O–H groups in total. The number of nitrogens with zero attached hydrogens (tertiary/aromatic N) is 3. The Bertz CT molecular complexity index is 1630. The molecule has 2 atom stereocenters. The average Bonchev–Trinajstić information content (AvgIpc) is 3.36. The molecule has 236 valence electrons. The van der Waals surface area contributed by atoms with Crippen molar-refractivity contribution in [3.05, 3.63) is 101 Å². The van der Waals surface area contributed by atoms with Gasteiger partial charge in [-0.25, -0.2) is 14.6 Å². The fraction of sp³-hybridized carbons (Fsp3) is 0.361. The summed E-state index contributed by atoms with van der Waals surface area (Å²) in [6, 6.07) is 21.1. The number of ether oxygens (including phenoxy) is 3. The Balaban J connectivity index is 1.28. The van der Waals surface area contributed by atoms with E-state index in [2.05, 4.69) is 11.1 Å². The number of carbonyl (C=O) groups is 2. The molecule has 1 aliphatic rings. The molecule has 1 amide bonds. The second-order valence-electron chi connectivity index (χ2n) is 12.5. The van der Waals surface area contributed by atoms with E-state index >= 15 is 0 Å². The third-order valence-corrected chi connectivity index (χ3v) is 7.85. The van der Waals surface area contributed by atoms with Gasteiger partial charge in [-0.2, -0.15) is 0 Å². The number of carbonyl (C=O) groups excluding carboxylic acids is 2. The molecule has 0 radical (unpaired) electrons. The summed E-state index contributed by atoms with van der Waals surface area (Å²) in [5, 5.41) is 11.2. The van der Waals surface area contributed by atoms with Crippen molar-refractivity contribution in [3.8, 4) is 22.7 Å². The molecule has 5 rings (SSSR count). The first-order valence-electron chi connectivity index (χ1n) is 15.2. The van der Waals surface area contributed by atoms with E-state index in [1.54, 1.807) is 18.3 Å². The number of amides is 1. The smallest absolute Gasteiger partial charge is 0.410 e. The molecule has 1 aliphatic heterocycles. The summed E-state index contributed by atoms with van der Waals surface area (Å²) in [6.07, 6.45) is 1.36. The largest absolute Gasteiger partial charge is 0.488 e. The second kappa shape index (κ2) is 13.2. The number of rotatable bonds is 8. The van der Waals surface area contributed by atoms with Gasteiger partial charge in [-0.3, -0.25) is 0 Å². The number of aliphatic hydroxyl groups excluding tert-OH is 1. The number of aryl methyl sites for hydroxylation is 3. The summed E-state index contributed by atoms with van der Waals surface area (Å²) in [7, 11) is 1.37. The Morgan fingerprint density at radius 3 is 2.33 bits per heavy atom. The van der Waals surface area contributed by atoms with Crippen LogP contribution in [0.25, 0.3) is 16.9 Å². The normalized spacial score (nSPS) is 15.0. The first-order valence-corrected chi connectivity index (χ1v) is 15.2. The van der Waals surface area contributed by atoms with Crippen LogP contribution in [0.3, 0.4) is 0 Å². The van der Waals surface area contributed by atoms with Gasteiger partial charge in [0.05, 0.1) is 31.9 Å². The fourth-order valence-corrected chi connectivity index (χ4v) is 5.54. The molecule has 9 nitrogen and oxygen atoms in total. The lowest BCUT2D eigenvalue weighted by Gasteiger charge is -2.33. The van der Waals surface area contributed by atoms with Gasteiger partial charge in [-0.1, -0.05) is 24.3 Å². The van der Waals surface area contributed by atoms with E-state index in [-0.39, 0.29) is 25.2 Å². The molecular formula is C36H41N3O6. The van der Waals surface area contributed by atoms with Crippen molar-refractivity contribution in [2.45, 2.75) is 65.3 Å². The molecular weight excluding hydrogens is 570 g/mol. The van der Waals surface area contributed by atoms with Gasteiger partial charge in [0.15, 0.2) is 0 Å². The van der Waals surface area contributed by atoms with Gasteiger partial charge in [-0.05, 0) is 107 Å². The number of hydrogen-bond acceptors (Lipinski definition) is 7. The van der Waals surface area contributed by atoms with E-state index in [4.69, 9.17) is 14.2 Å². The first kappa shape index (κ1) is 31.8. The molecule has 0 fully saturated rings. The maximum Gasteiger partial charge on any atom is 0.410 e. The quantitative estimate of drug-likeness (QED) is 0.224. The standard InChI is InChI=1S/C36H41N3O6/c1-23-7-8-24(2)39(23)33-18-15-29(20-37-33)31(40)22-38(35(42)45-36(3,4)5)21-30-16-13-28-19-27(14-17-32(28)44-30)25-9-11-26(12-10-25)34(41)43-6/h7-12,14-15,17-20,30-31,40H,13,16,21-22H2,1-6H3. The third-order valence-electron chi connectivity index (χ3n) is 7.85. The molecule has 2 unspecified atom stereocenters. The van der Waals surface area contributed by atoms with Crippen molar-refractivity contribution in [2.75, 3.05) is 20.2 Å². The van der Waals surface area contributed by atoms with Crippen LogP contribution < -0.4 is 4.74 Å². The lowest BCUT2D eigenvalue weighted by atomic mass is 9.96. The molecule has 9 heteroatoms. The van der Waals surface area contributed by atoms with Gasteiger partial charge in [0, 0.05) is 23.1 Å². The van der Waals surface area contributed by atoms with Gasteiger partial charge >= 0.3 is 12.1 Å². The highest BCUT2D eigenvalue weighted by Gasteiger charge is 2.30. The Morgan fingerprint density at radius 2 is 1.71 bits per heavy atom. The highest BCUT2D eigenvalue weighted by atomic mass is 16.6.